The maximum absolute atomic E-state index is 13.1. The van der Waals surface area contributed by atoms with E-state index >= 15 is 0 Å². The highest BCUT2D eigenvalue weighted by atomic mass is 32.1. The van der Waals surface area contributed by atoms with Crippen molar-refractivity contribution in [3.8, 4) is 16.9 Å². The smallest absolute Gasteiger partial charge is 0.283 e. The lowest BCUT2D eigenvalue weighted by Gasteiger charge is -2.03. The fraction of sp³-hybridized carbons (Fsp3) is 0.0952. The van der Waals surface area contributed by atoms with Gasteiger partial charge in [0.15, 0.2) is 0 Å². The topological polar surface area (TPSA) is 56.5 Å². The Morgan fingerprint density at radius 2 is 1.85 bits per heavy atom. The lowest BCUT2D eigenvalue weighted by Crippen LogP contribution is -2.16. The average molecular weight is 375 g/mol. The number of hydrogen-bond acceptors (Lipinski definition) is 5. The van der Waals surface area contributed by atoms with E-state index in [-0.39, 0.29) is 5.56 Å². The quantitative estimate of drug-likeness (QED) is 0.499. The van der Waals surface area contributed by atoms with Crippen LogP contribution >= 0.6 is 11.3 Å². The maximum atomic E-state index is 13.1. The highest BCUT2D eigenvalue weighted by molar-refractivity contribution is 7.19. The summed E-state index contributed by atoms with van der Waals surface area (Å²) in [6.07, 6.45) is 3.10. The molecule has 0 saturated carbocycles. The van der Waals surface area contributed by atoms with Crippen molar-refractivity contribution < 1.29 is 4.74 Å². The molecule has 6 heteroatoms. The van der Waals surface area contributed by atoms with Crippen LogP contribution in [0.3, 0.4) is 0 Å². The van der Waals surface area contributed by atoms with Gasteiger partial charge in [0, 0.05) is 10.4 Å². The Morgan fingerprint density at radius 3 is 2.56 bits per heavy atom. The van der Waals surface area contributed by atoms with Crippen molar-refractivity contribution in [2.24, 2.45) is 5.10 Å². The fourth-order valence-corrected chi connectivity index (χ4v) is 3.95. The molecular weight excluding hydrogens is 358 g/mol. The molecule has 0 aliphatic heterocycles. The summed E-state index contributed by atoms with van der Waals surface area (Å²) < 4.78 is 6.43. The van der Waals surface area contributed by atoms with Gasteiger partial charge in [0.1, 0.15) is 16.9 Å². The van der Waals surface area contributed by atoms with Gasteiger partial charge in [-0.3, -0.25) is 4.79 Å². The molecule has 0 spiro atoms. The first-order valence-electron chi connectivity index (χ1n) is 8.42. The van der Waals surface area contributed by atoms with E-state index in [1.807, 2.05) is 61.5 Å². The third kappa shape index (κ3) is 3.27. The molecule has 2 aromatic carbocycles. The number of methoxy groups -OCH3 is 1. The second kappa shape index (κ2) is 7.17. The minimum atomic E-state index is -0.173. The van der Waals surface area contributed by atoms with E-state index in [1.54, 1.807) is 13.3 Å². The molecule has 4 rings (SSSR count). The average Bonchev–Trinajstić information content (AvgIpc) is 3.05. The van der Waals surface area contributed by atoms with Gasteiger partial charge in [-0.05, 0) is 42.3 Å². The van der Waals surface area contributed by atoms with Crippen molar-refractivity contribution in [1.82, 2.24) is 9.66 Å². The minimum absolute atomic E-state index is 0.173. The Labute approximate surface area is 160 Å². The van der Waals surface area contributed by atoms with Gasteiger partial charge in [0.2, 0.25) is 0 Å². The van der Waals surface area contributed by atoms with Crippen LogP contribution < -0.4 is 10.3 Å². The molecule has 0 fully saturated rings. The monoisotopic (exact) mass is 375 g/mol. The number of benzene rings is 2. The first-order valence-corrected chi connectivity index (χ1v) is 9.23. The van der Waals surface area contributed by atoms with Crippen LogP contribution in [0.15, 0.2) is 70.8 Å². The molecular formula is C21H17N3O2S. The fourth-order valence-electron chi connectivity index (χ4n) is 2.95. The number of aryl methyl sites for hydroxylation is 1. The van der Waals surface area contributed by atoms with E-state index in [1.165, 1.54) is 22.3 Å². The van der Waals surface area contributed by atoms with Gasteiger partial charge in [-0.2, -0.15) is 9.78 Å². The number of rotatable bonds is 4. The maximum Gasteiger partial charge on any atom is 0.283 e. The normalized spacial score (nSPS) is 11.3. The molecule has 0 aliphatic carbocycles. The Bertz CT molecular complexity index is 1180. The van der Waals surface area contributed by atoms with Crippen LogP contribution in [0.25, 0.3) is 21.3 Å². The third-order valence-electron chi connectivity index (χ3n) is 4.28. The van der Waals surface area contributed by atoms with Gasteiger partial charge < -0.3 is 4.74 Å². The standard InChI is InChI=1S/C21H17N3O2S/c1-14-18(16-6-4-3-5-7-16)19-20(27-14)22-13-24(21(19)25)23-12-15-8-10-17(26-2)11-9-15/h3-13H,1-2H3/b23-12-. The molecule has 2 aromatic heterocycles. The molecule has 134 valence electrons. The van der Waals surface area contributed by atoms with Crippen LogP contribution in [0.5, 0.6) is 5.75 Å². The Hall–Kier alpha value is -3.25. The summed E-state index contributed by atoms with van der Waals surface area (Å²) in [5.41, 5.74) is 2.64. The summed E-state index contributed by atoms with van der Waals surface area (Å²) in [7, 11) is 1.62. The van der Waals surface area contributed by atoms with Crippen molar-refractivity contribution >= 4 is 27.8 Å². The van der Waals surface area contributed by atoms with E-state index in [0.717, 1.165) is 32.1 Å². The second-order valence-corrected chi connectivity index (χ2v) is 7.19. The minimum Gasteiger partial charge on any atom is -0.497 e. The summed E-state index contributed by atoms with van der Waals surface area (Å²) in [5.74, 6) is 0.772. The van der Waals surface area contributed by atoms with E-state index in [9.17, 15) is 4.79 Å². The predicted molar refractivity (Wildman–Crippen MR) is 110 cm³/mol. The van der Waals surface area contributed by atoms with Gasteiger partial charge in [0.05, 0.1) is 18.7 Å². The molecule has 5 nitrogen and oxygen atoms in total. The number of nitrogens with zero attached hydrogens (tertiary/aromatic N) is 3. The van der Waals surface area contributed by atoms with Crippen LogP contribution in [0, 0.1) is 6.92 Å². The van der Waals surface area contributed by atoms with Crippen molar-refractivity contribution in [1.29, 1.82) is 0 Å². The molecule has 0 bridgehead atoms. The summed E-state index contributed by atoms with van der Waals surface area (Å²) >= 11 is 1.52. The summed E-state index contributed by atoms with van der Waals surface area (Å²) in [6, 6.07) is 17.4. The molecule has 0 amide bonds. The Balaban J connectivity index is 1.80. The van der Waals surface area contributed by atoms with Gasteiger partial charge in [-0.15, -0.1) is 11.3 Å². The Kier molecular flexibility index (Phi) is 4.56. The predicted octanol–water partition coefficient (Wildman–Crippen LogP) is 4.32. The number of ether oxygens (including phenoxy) is 1. The second-order valence-electron chi connectivity index (χ2n) is 5.99. The van der Waals surface area contributed by atoms with Crippen LogP contribution in [0.1, 0.15) is 10.4 Å². The van der Waals surface area contributed by atoms with Crippen LogP contribution in [-0.4, -0.2) is 23.0 Å². The molecule has 0 radical (unpaired) electrons. The lowest BCUT2D eigenvalue weighted by atomic mass is 10.0. The zero-order valence-corrected chi connectivity index (χ0v) is 15.7. The van der Waals surface area contributed by atoms with Gasteiger partial charge in [0.25, 0.3) is 5.56 Å². The summed E-state index contributed by atoms with van der Waals surface area (Å²) in [4.78, 5) is 19.3. The molecule has 0 N–H and O–H groups in total. The number of thiophene rings is 1. The lowest BCUT2D eigenvalue weighted by molar-refractivity contribution is 0.415. The third-order valence-corrected chi connectivity index (χ3v) is 5.29. The molecule has 2 heterocycles. The van der Waals surface area contributed by atoms with Crippen LogP contribution in [0.2, 0.25) is 0 Å². The molecule has 0 saturated heterocycles. The van der Waals surface area contributed by atoms with E-state index in [0.29, 0.717) is 5.39 Å². The molecule has 0 unspecified atom stereocenters. The zero-order chi connectivity index (χ0) is 18.8. The first-order chi connectivity index (χ1) is 13.2. The number of fused-ring (bicyclic) bond motifs is 1. The SMILES string of the molecule is COc1ccc(/C=N\n2cnc3sc(C)c(-c4ccccc4)c3c2=O)cc1. The number of hydrogen-bond donors (Lipinski definition) is 0. The zero-order valence-electron chi connectivity index (χ0n) is 14.9. The van der Waals surface area contributed by atoms with E-state index < -0.39 is 0 Å². The van der Waals surface area contributed by atoms with Crippen molar-refractivity contribution in [3.63, 3.8) is 0 Å². The van der Waals surface area contributed by atoms with Crippen molar-refractivity contribution in [3.05, 3.63) is 81.7 Å². The first kappa shape index (κ1) is 17.2. The highest BCUT2D eigenvalue weighted by Gasteiger charge is 2.16. The highest BCUT2D eigenvalue weighted by Crippen LogP contribution is 2.35. The molecule has 0 aliphatic rings. The Morgan fingerprint density at radius 1 is 1.11 bits per heavy atom. The van der Waals surface area contributed by atoms with Gasteiger partial charge >= 0.3 is 0 Å². The van der Waals surface area contributed by atoms with Crippen molar-refractivity contribution in [2.75, 3.05) is 7.11 Å². The van der Waals surface area contributed by atoms with Gasteiger partial charge in [-0.1, -0.05) is 30.3 Å². The molecule has 4 aromatic rings. The number of aromatic nitrogens is 2. The van der Waals surface area contributed by atoms with Crippen molar-refractivity contribution in [2.45, 2.75) is 6.92 Å². The van der Waals surface area contributed by atoms with E-state index in [2.05, 4.69) is 10.1 Å². The molecule has 0 atom stereocenters. The largest absolute Gasteiger partial charge is 0.497 e. The van der Waals surface area contributed by atoms with Gasteiger partial charge in [-0.25, -0.2) is 4.98 Å². The van der Waals surface area contributed by atoms with E-state index in [4.69, 9.17) is 4.74 Å². The molecule has 27 heavy (non-hydrogen) atoms. The van der Waals surface area contributed by atoms with Crippen LogP contribution in [0.4, 0.5) is 0 Å². The summed E-state index contributed by atoms with van der Waals surface area (Å²) in [6.45, 7) is 2.01. The van der Waals surface area contributed by atoms with Crippen LogP contribution in [-0.2, 0) is 0 Å². The summed E-state index contributed by atoms with van der Waals surface area (Å²) in [5, 5.41) is 4.92.